The van der Waals surface area contributed by atoms with Crippen molar-refractivity contribution in [3.05, 3.63) is 24.4 Å². The highest BCUT2D eigenvalue weighted by atomic mass is 15.2. The Hall–Kier alpha value is -1.09. The molecule has 0 bridgehead atoms. The van der Waals surface area contributed by atoms with Crippen LogP contribution in [0, 0.1) is 11.8 Å². The molecule has 2 atom stereocenters. The van der Waals surface area contributed by atoms with E-state index in [1.54, 1.807) is 0 Å². The smallest absolute Gasteiger partial charge is 0.128 e. The molecule has 2 fully saturated rings. The van der Waals surface area contributed by atoms with Crippen molar-refractivity contribution in [2.45, 2.75) is 45.1 Å². The van der Waals surface area contributed by atoms with Gasteiger partial charge in [0.1, 0.15) is 5.82 Å². The van der Waals surface area contributed by atoms with E-state index in [1.807, 2.05) is 12.3 Å². The largest absolute Gasteiger partial charge is 0.357 e. The van der Waals surface area contributed by atoms with E-state index in [0.29, 0.717) is 6.04 Å². The predicted octanol–water partition coefficient (Wildman–Crippen LogP) is 3.08. The molecule has 1 saturated heterocycles. The van der Waals surface area contributed by atoms with Crippen LogP contribution in [0.2, 0.25) is 0 Å². The van der Waals surface area contributed by atoms with Gasteiger partial charge < -0.3 is 10.2 Å². The van der Waals surface area contributed by atoms with Crippen molar-refractivity contribution in [3.63, 3.8) is 0 Å². The fourth-order valence-electron chi connectivity index (χ4n) is 3.70. The molecule has 2 heterocycles. The summed E-state index contributed by atoms with van der Waals surface area (Å²) in [6, 6.07) is 6.90. The summed E-state index contributed by atoms with van der Waals surface area (Å²) in [5.74, 6) is 3.02. The minimum absolute atomic E-state index is 0.714. The van der Waals surface area contributed by atoms with Gasteiger partial charge >= 0.3 is 0 Å². The molecule has 0 amide bonds. The fourth-order valence-corrected chi connectivity index (χ4v) is 3.70. The zero-order valence-electron chi connectivity index (χ0n) is 12.6. The number of hydrogen-bond donors (Lipinski definition) is 1. The molecule has 1 aromatic rings. The Labute approximate surface area is 122 Å². The van der Waals surface area contributed by atoms with E-state index in [9.17, 15) is 0 Å². The zero-order chi connectivity index (χ0) is 13.8. The minimum Gasteiger partial charge on any atom is -0.357 e. The maximum Gasteiger partial charge on any atom is 0.128 e. The van der Waals surface area contributed by atoms with Gasteiger partial charge in [-0.2, -0.15) is 0 Å². The lowest BCUT2D eigenvalue weighted by atomic mass is 10.0. The average Bonchev–Trinajstić information content (AvgIpc) is 2.92. The van der Waals surface area contributed by atoms with Crippen LogP contribution in [0.3, 0.4) is 0 Å². The Morgan fingerprint density at radius 2 is 2.05 bits per heavy atom. The third kappa shape index (κ3) is 3.51. The highest BCUT2D eigenvalue weighted by Crippen LogP contribution is 2.30. The van der Waals surface area contributed by atoms with E-state index in [4.69, 9.17) is 0 Å². The van der Waals surface area contributed by atoms with Crippen LogP contribution in [0.5, 0.6) is 0 Å². The summed E-state index contributed by atoms with van der Waals surface area (Å²) in [5, 5.41) is 3.81. The van der Waals surface area contributed by atoms with E-state index < -0.39 is 0 Å². The maximum absolute atomic E-state index is 4.45. The third-order valence-corrected chi connectivity index (χ3v) is 4.97. The first kappa shape index (κ1) is 13.9. The van der Waals surface area contributed by atoms with E-state index in [-0.39, 0.29) is 0 Å². The molecule has 0 aromatic carbocycles. The molecule has 2 aliphatic rings. The lowest BCUT2D eigenvalue weighted by Gasteiger charge is -2.33. The van der Waals surface area contributed by atoms with Crippen molar-refractivity contribution in [1.29, 1.82) is 0 Å². The lowest BCUT2D eigenvalue weighted by Crippen LogP contribution is -2.44. The van der Waals surface area contributed by atoms with Gasteiger partial charge in [-0.05, 0) is 56.2 Å². The first-order valence-corrected chi connectivity index (χ1v) is 8.20. The van der Waals surface area contributed by atoms with Crippen LogP contribution in [0.25, 0.3) is 0 Å². The summed E-state index contributed by atoms with van der Waals surface area (Å²) in [6.45, 7) is 5.90. The topological polar surface area (TPSA) is 28.2 Å². The van der Waals surface area contributed by atoms with Crippen molar-refractivity contribution < 1.29 is 0 Å². The average molecular weight is 273 g/mol. The number of hydrogen-bond acceptors (Lipinski definition) is 3. The Morgan fingerprint density at radius 3 is 2.70 bits per heavy atom. The molecule has 1 aliphatic carbocycles. The number of piperidine rings is 1. The van der Waals surface area contributed by atoms with Gasteiger partial charge in [-0.1, -0.05) is 19.4 Å². The molecule has 3 heteroatoms. The van der Waals surface area contributed by atoms with E-state index in [2.05, 4.69) is 34.3 Å². The molecule has 3 rings (SSSR count). The van der Waals surface area contributed by atoms with Crippen LogP contribution < -0.4 is 10.2 Å². The molecule has 20 heavy (non-hydrogen) atoms. The highest BCUT2D eigenvalue weighted by Gasteiger charge is 2.24. The molecule has 1 aliphatic heterocycles. The minimum atomic E-state index is 0.714. The second-order valence-corrected chi connectivity index (χ2v) is 6.64. The number of anilines is 1. The Balaban J connectivity index is 1.40. The normalized spacial score (nSPS) is 27.9. The van der Waals surface area contributed by atoms with Crippen molar-refractivity contribution in [3.8, 4) is 0 Å². The van der Waals surface area contributed by atoms with Gasteiger partial charge in [0.05, 0.1) is 0 Å². The molecule has 1 aromatic heterocycles. The summed E-state index contributed by atoms with van der Waals surface area (Å²) >= 11 is 0. The molecular formula is C17H27N3. The quantitative estimate of drug-likeness (QED) is 0.914. The summed E-state index contributed by atoms with van der Waals surface area (Å²) in [4.78, 5) is 6.86. The van der Waals surface area contributed by atoms with Crippen LogP contribution in [0.1, 0.15) is 39.0 Å². The van der Waals surface area contributed by atoms with Crippen LogP contribution in [0.15, 0.2) is 24.4 Å². The van der Waals surface area contributed by atoms with Gasteiger partial charge in [0.25, 0.3) is 0 Å². The first-order chi connectivity index (χ1) is 9.81. The monoisotopic (exact) mass is 273 g/mol. The van der Waals surface area contributed by atoms with E-state index >= 15 is 0 Å². The second kappa shape index (κ2) is 6.57. The summed E-state index contributed by atoms with van der Waals surface area (Å²) in [5.41, 5.74) is 0. The van der Waals surface area contributed by atoms with Crippen molar-refractivity contribution in [2.75, 3.05) is 24.5 Å². The van der Waals surface area contributed by atoms with Crippen LogP contribution in [0.4, 0.5) is 5.82 Å². The summed E-state index contributed by atoms with van der Waals surface area (Å²) < 4.78 is 0. The standard InChI is InChI=1S/C17H27N3/c1-14-5-6-15(12-14)13-19-16-7-10-20(11-8-16)17-4-2-3-9-18-17/h2-4,9,14-16,19H,5-8,10-13H2,1H3. The second-order valence-electron chi connectivity index (χ2n) is 6.64. The number of nitrogens with zero attached hydrogens (tertiary/aromatic N) is 2. The Bertz CT molecular complexity index is 398. The summed E-state index contributed by atoms with van der Waals surface area (Å²) in [7, 11) is 0. The van der Waals surface area contributed by atoms with Gasteiger partial charge in [-0.15, -0.1) is 0 Å². The number of aromatic nitrogens is 1. The third-order valence-electron chi connectivity index (χ3n) is 4.97. The van der Waals surface area contributed by atoms with Gasteiger partial charge in [0.2, 0.25) is 0 Å². The lowest BCUT2D eigenvalue weighted by molar-refractivity contribution is 0.372. The molecule has 1 N–H and O–H groups in total. The van der Waals surface area contributed by atoms with Crippen LogP contribution in [-0.4, -0.2) is 30.7 Å². The van der Waals surface area contributed by atoms with Gasteiger partial charge in [-0.25, -0.2) is 4.98 Å². The van der Waals surface area contributed by atoms with E-state index in [0.717, 1.165) is 30.7 Å². The summed E-state index contributed by atoms with van der Waals surface area (Å²) in [6.07, 6.45) is 8.68. The molecule has 0 spiro atoms. The van der Waals surface area contributed by atoms with Gasteiger partial charge in [-0.3, -0.25) is 0 Å². The zero-order valence-corrected chi connectivity index (χ0v) is 12.6. The molecule has 0 radical (unpaired) electrons. The molecule has 1 saturated carbocycles. The Morgan fingerprint density at radius 1 is 1.20 bits per heavy atom. The van der Waals surface area contributed by atoms with Crippen molar-refractivity contribution in [2.24, 2.45) is 11.8 Å². The molecule has 110 valence electrons. The molecule has 2 unspecified atom stereocenters. The SMILES string of the molecule is CC1CCC(CNC2CCN(c3ccccn3)CC2)C1. The number of rotatable bonds is 4. The van der Waals surface area contributed by atoms with Crippen molar-refractivity contribution in [1.82, 2.24) is 10.3 Å². The molecular weight excluding hydrogens is 246 g/mol. The maximum atomic E-state index is 4.45. The van der Waals surface area contributed by atoms with Crippen LogP contribution >= 0.6 is 0 Å². The number of pyridine rings is 1. The van der Waals surface area contributed by atoms with Gasteiger partial charge in [0.15, 0.2) is 0 Å². The van der Waals surface area contributed by atoms with Crippen LogP contribution in [-0.2, 0) is 0 Å². The highest BCUT2D eigenvalue weighted by molar-refractivity contribution is 5.38. The molecule has 3 nitrogen and oxygen atoms in total. The predicted molar refractivity (Wildman–Crippen MR) is 84.0 cm³/mol. The fraction of sp³-hybridized carbons (Fsp3) is 0.706. The number of nitrogens with one attached hydrogen (secondary N) is 1. The first-order valence-electron chi connectivity index (χ1n) is 8.20. The van der Waals surface area contributed by atoms with E-state index in [1.165, 1.54) is 38.6 Å². The van der Waals surface area contributed by atoms with Gasteiger partial charge in [0, 0.05) is 25.3 Å². The Kier molecular flexibility index (Phi) is 4.56. The van der Waals surface area contributed by atoms with Crippen molar-refractivity contribution >= 4 is 5.82 Å².